The van der Waals surface area contributed by atoms with E-state index in [0.717, 1.165) is 17.9 Å². The van der Waals surface area contributed by atoms with Crippen molar-refractivity contribution in [3.05, 3.63) is 77.3 Å². The van der Waals surface area contributed by atoms with E-state index in [9.17, 15) is 4.79 Å². The second-order valence-electron chi connectivity index (χ2n) is 5.57. The predicted molar refractivity (Wildman–Crippen MR) is 97.5 cm³/mol. The molecule has 6 heteroatoms. The van der Waals surface area contributed by atoms with Gasteiger partial charge in [-0.3, -0.25) is 4.79 Å². The third kappa shape index (κ3) is 4.93. The van der Waals surface area contributed by atoms with Crippen molar-refractivity contribution >= 4 is 17.7 Å². The maximum absolute atomic E-state index is 12.5. The van der Waals surface area contributed by atoms with Crippen LogP contribution in [-0.4, -0.2) is 22.6 Å². The lowest BCUT2D eigenvalue weighted by molar-refractivity contribution is 0.0950. The van der Waals surface area contributed by atoms with E-state index in [1.165, 1.54) is 17.3 Å². The van der Waals surface area contributed by atoms with Crippen LogP contribution in [0.1, 0.15) is 27.4 Å². The van der Waals surface area contributed by atoms with E-state index in [4.69, 9.17) is 4.52 Å². The maximum atomic E-state index is 12.5. The third-order valence-electron chi connectivity index (χ3n) is 3.59. The summed E-state index contributed by atoms with van der Waals surface area (Å²) in [7, 11) is 0. The molecule has 25 heavy (non-hydrogen) atoms. The lowest BCUT2D eigenvalue weighted by Crippen LogP contribution is -2.26. The number of carbonyl (C=O) groups excluding carboxylic acids is 1. The predicted octanol–water partition coefficient (Wildman–Crippen LogP) is 3.64. The molecule has 1 amide bonds. The Balaban J connectivity index is 1.58. The molecule has 0 radical (unpaired) electrons. The van der Waals surface area contributed by atoms with E-state index in [1.807, 2.05) is 31.2 Å². The van der Waals surface area contributed by atoms with Crippen LogP contribution in [0.15, 0.2) is 64.3 Å². The minimum atomic E-state index is -0.108. The Labute approximate surface area is 150 Å². The van der Waals surface area contributed by atoms with Crippen LogP contribution in [0.4, 0.5) is 0 Å². The van der Waals surface area contributed by atoms with Gasteiger partial charge in [-0.25, -0.2) is 4.98 Å². The molecule has 2 heterocycles. The number of hydrogen-bond donors (Lipinski definition) is 1. The van der Waals surface area contributed by atoms with Gasteiger partial charge in [0, 0.05) is 24.6 Å². The Bertz CT molecular complexity index is 833. The molecule has 128 valence electrons. The van der Waals surface area contributed by atoms with Gasteiger partial charge in [0.25, 0.3) is 5.91 Å². The maximum Gasteiger partial charge on any atom is 0.254 e. The highest BCUT2D eigenvalue weighted by molar-refractivity contribution is 7.98. The van der Waals surface area contributed by atoms with Crippen LogP contribution in [0, 0.1) is 6.92 Å². The zero-order valence-electron chi connectivity index (χ0n) is 13.9. The Morgan fingerprint density at radius 1 is 1.20 bits per heavy atom. The van der Waals surface area contributed by atoms with Crippen molar-refractivity contribution < 1.29 is 9.32 Å². The number of hydrogen-bond acceptors (Lipinski definition) is 5. The van der Waals surface area contributed by atoms with Crippen molar-refractivity contribution in [3.8, 4) is 0 Å². The number of aromatic nitrogens is 2. The molecular formula is C19H19N3O2S. The summed E-state index contributed by atoms with van der Waals surface area (Å²) in [5.74, 6) is 1.27. The normalized spacial score (nSPS) is 10.6. The van der Waals surface area contributed by atoms with Gasteiger partial charge in [-0.15, -0.1) is 0 Å². The van der Waals surface area contributed by atoms with Crippen molar-refractivity contribution in [1.29, 1.82) is 0 Å². The molecule has 0 aliphatic carbocycles. The number of nitrogens with zero attached hydrogens (tertiary/aromatic N) is 2. The summed E-state index contributed by atoms with van der Waals surface area (Å²) >= 11 is 1.48. The number of aryl methyl sites for hydroxylation is 1. The van der Waals surface area contributed by atoms with Crippen molar-refractivity contribution in [2.75, 3.05) is 6.54 Å². The third-order valence-corrected chi connectivity index (χ3v) is 4.63. The van der Waals surface area contributed by atoms with E-state index in [0.29, 0.717) is 22.9 Å². The van der Waals surface area contributed by atoms with Crippen molar-refractivity contribution in [3.63, 3.8) is 0 Å². The number of benzene rings is 1. The van der Waals surface area contributed by atoms with Gasteiger partial charge in [0.1, 0.15) is 10.8 Å². The van der Waals surface area contributed by atoms with E-state index in [-0.39, 0.29) is 5.91 Å². The van der Waals surface area contributed by atoms with Crippen molar-refractivity contribution in [2.24, 2.45) is 0 Å². The van der Waals surface area contributed by atoms with Gasteiger partial charge in [-0.05, 0) is 31.0 Å². The fourth-order valence-corrected chi connectivity index (χ4v) is 3.24. The fourth-order valence-electron chi connectivity index (χ4n) is 2.37. The number of rotatable bonds is 7. The second kappa shape index (κ2) is 8.48. The molecule has 0 fully saturated rings. The highest BCUT2D eigenvalue weighted by Gasteiger charge is 2.13. The van der Waals surface area contributed by atoms with Crippen LogP contribution in [0.3, 0.4) is 0 Å². The van der Waals surface area contributed by atoms with Crippen LogP contribution >= 0.6 is 11.8 Å². The number of thioether (sulfide) groups is 1. The van der Waals surface area contributed by atoms with Gasteiger partial charge in [0.05, 0.1) is 11.3 Å². The first-order valence-corrected chi connectivity index (χ1v) is 9.03. The summed E-state index contributed by atoms with van der Waals surface area (Å²) in [5, 5.41) is 7.62. The molecule has 3 rings (SSSR count). The summed E-state index contributed by atoms with van der Waals surface area (Å²) in [4.78, 5) is 16.8. The smallest absolute Gasteiger partial charge is 0.254 e. The second-order valence-corrected chi connectivity index (χ2v) is 6.53. The molecule has 1 aromatic carbocycles. The summed E-state index contributed by atoms with van der Waals surface area (Å²) in [6.07, 6.45) is 2.49. The quantitative estimate of drug-likeness (QED) is 0.657. The van der Waals surface area contributed by atoms with Gasteiger partial charge in [0.2, 0.25) is 0 Å². The van der Waals surface area contributed by atoms with Crippen LogP contribution in [-0.2, 0) is 12.2 Å². The summed E-state index contributed by atoms with van der Waals surface area (Å²) in [6.45, 7) is 2.44. The van der Waals surface area contributed by atoms with Gasteiger partial charge >= 0.3 is 0 Å². The van der Waals surface area contributed by atoms with E-state index >= 15 is 0 Å². The minimum absolute atomic E-state index is 0.108. The van der Waals surface area contributed by atoms with Crippen LogP contribution in [0.2, 0.25) is 0 Å². The van der Waals surface area contributed by atoms with Gasteiger partial charge in [0.15, 0.2) is 0 Å². The molecule has 3 aromatic rings. The minimum Gasteiger partial charge on any atom is -0.361 e. The number of nitrogens with one attached hydrogen (secondary N) is 1. The van der Waals surface area contributed by atoms with Crippen LogP contribution < -0.4 is 5.32 Å². The molecule has 0 unspecified atom stereocenters. The molecule has 0 bridgehead atoms. The van der Waals surface area contributed by atoms with Crippen LogP contribution in [0.5, 0.6) is 0 Å². The zero-order valence-corrected chi connectivity index (χ0v) is 14.8. The first kappa shape index (κ1) is 17.2. The fraction of sp³-hybridized carbons (Fsp3) is 0.211. The van der Waals surface area contributed by atoms with E-state index < -0.39 is 0 Å². The molecule has 0 aliphatic heterocycles. The summed E-state index contributed by atoms with van der Waals surface area (Å²) in [6, 6.07) is 15.5. The number of amides is 1. The Morgan fingerprint density at radius 2 is 2.04 bits per heavy atom. The van der Waals surface area contributed by atoms with Crippen molar-refractivity contribution in [2.45, 2.75) is 24.1 Å². The van der Waals surface area contributed by atoms with Gasteiger partial charge in [-0.1, -0.05) is 47.3 Å². The molecule has 0 aliphatic rings. The van der Waals surface area contributed by atoms with Gasteiger partial charge in [-0.2, -0.15) is 0 Å². The summed E-state index contributed by atoms with van der Waals surface area (Å²) < 4.78 is 5.06. The Kier molecular flexibility index (Phi) is 5.85. The Hall–Kier alpha value is -2.60. The summed E-state index contributed by atoms with van der Waals surface area (Å²) in [5.41, 5.74) is 2.62. The molecular weight excluding hydrogens is 334 g/mol. The van der Waals surface area contributed by atoms with Gasteiger partial charge < -0.3 is 9.84 Å². The van der Waals surface area contributed by atoms with E-state index in [1.54, 1.807) is 18.3 Å². The largest absolute Gasteiger partial charge is 0.361 e. The highest BCUT2D eigenvalue weighted by atomic mass is 32.2. The molecule has 0 saturated carbocycles. The SMILES string of the molecule is Cc1cc(CSc2ncccc2C(=O)NCCc2ccccc2)no1. The first-order valence-electron chi connectivity index (χ1n) is 8.04. The standard InChI is InChI=1S/C19H19N3O2S/c1-14-12-16(22-24-14)13-25-19-17(8-5-10-21-19)18(23)20-11-9-15-6-3-2-4-7-15/h2-8,10,12H,9,11,13H2,1H3,(H,20,23). The number of carbonyl (C=O) groups is 1. The lowest BCUT2D eigenvalue weighted by atomic mass is 10.1. The Morgan fingerprint density at radius 3 is 2.80 bits per heavy atom. The average molecular weight is 353 g/mol. The highest BCUT2D eigenvalue weighted by Crippen LogP contribution is 2.24. The molecule has 2 aromatic heterocycles. The van der Waals surface area contributed by atoms with Crippen LogP contribution in [0.25, 0.3) is 0 Å². The monoisotopic (exact) mass is 353 g/mol. The topological polar surface area (TPSA) is 68.0 Å². The molecule has 0 saturated heterocycles. The molecule has 1 N–H and O–H groups in total. The van der Waals surface area contributed by atoms with Crippen molar-refractivity contribution in [1.82, 2.24) is 15.5 Å². The molecule has 5 nitrogen and oxygen atoms in total. The molecule has 0 atom stereocenters. The molecule has 0 spiro atoms. The number of pyridine rings is 1. The zero-order chi connectivity index (χ0) is 17.5. The average Bonchev–Trinajstić information content (AvgIpc) is 3.06. The van der Waals surface area contributed by atoms with E-state index in [2.05, 4.69) is 27.6 Å². The first-order chi connectivity index (χ1) is 12.2. The lowest BCUT2D eigenvalue weighted by Gasteiger charge is -2.08.